The summed E-state index contributed by atoms with van der Waals surface area (Å²) in [5, 5.41) is 17.6. The van der Waals surface area contributed by atoms with Gasteiger partial charge in [0, 0.05) is 25.0 Å². The molecule has 8 nitrogen and oxygen atoms in total. The molecule has 1 aliphatic rings. The van der Waals surface area contributed by atoms with Gasteiger partial charge in [0.05, 0.1) is 11.4 Å². The number of hydrogen-bond acceptors (Lipinski definition) is 6. The van der Waals surface area contributed by atoms with E-state index in [1.807, 2.05) is 35.7 Å². The Labute approximate surface area is 231 Å². The summed E-state index contributed by atoms with van der Waals surface area (Å²) >= 11 is 7.30. The lowest BCUT2D eigenvalue weighted by Gasteiger charge is -2.32. The topological polar surface area (TPSA) is 96.8 Å². The molecule has 2 heterocycles. The molecule has 1 aromatic heterocycles. The van der Waals surface area contributed by atoms with Crippen LogP contribution in [0.25, 0.3) is 0 Å². The van der Waals surface area contributed by atoms with Gasteiger partial charge in [-0.2, -0.15) is 5.26 Å². The molecule has 1 saturated heterocycles. The van der Waals surface area contributed by atoms with Crippen LogP contribution in [0.2, 0.25) is 5.02 Å². The van der Waals surface area contributed by atoms with Crippen LogP contribution in [0.5, 0.6) is 0 Å². The largest absolute Gasteiger partial charge is 0.342 e. The number of likely N-dealkylation sites (tertiary alicyclic amines) is 1. The van der Waals surface area contributed by atoms with Crippen molar-refractivity contribution in [1.29, 1.82) is 5.26 Å². The number of carbonyl (C=O) groups is 3. The van der Waals surface area contributed by atoms with E-state index in [4.69, 9.17) is 11.6 Å². The van der Waals surface area contributed by atoms with Gasteiger partial charge >= 0.3 is 0 Å². The summed E-state index contributed by atoms with van der Waals surface area (Å²) in [6, 6.07) is 18.3. The summed E-state index contributed by atoms with van der Waals surface area (Å²) in [6.45, 7) is 0.642. The third kappa shape index (κ3) is 6.52. The highest BCUT2D eigenvalue weighted by Gasteiger charge is 2.37. The second-order valence-electron chi connectivity index (χ2n) is 9.03. The average molecular weight is 550 g/mol. The molecule has 1 aliphatic heterocycles. The number of nitrogens with zero attached hydrogens (tertiary/aromatic N) is 4. The fourth-order valence-corrected chi connectivity index (χ4v) is 5.26. The number of thiophene rings is 1. The van der Waals surface area contributed by atoms with Gasteiger partial charge in [0.2, 0.25) is 5.91 Å². The van der Waals surface area contributed by atoms with Crippen molar-refractivity contribution in [3.05, 3.63) is 93.1 Å². The minimum atomic E-state index is -0.935. The molecule has 0 radical (unpaired) electrons. The first kappa shape index (κ1) is 27.2. The van der Waals surface area contributed by atoms with E-state index >= 15 is 0 Å². The van der Waals surface area contributed by atoms with Crippen LogP contribution in [-0.2, 0) is 22.6 Å². The van der Waals surface area contributed by atoms with E-state index in [9.17, 15) is 19.6 Å². The molecule has 2 atom stereocenters. The quantitative estimate of drug-likeness (QED) is 0.246. The van der Waals surface area contributed by atoms with Crippen LogP contribution in [0.15, 0.2) is 72.1 Å². The van der Waals surface area contributed by atoms with Crippen molar-refractivity contribution in [2.24, 2.45) is 0 Å². The highest BCUT2D eigenvalue weighted by Crippen LogP contribution is 2.23. The lowest BCUT2D eigenvalue weighted by molar-refractivity contribution is -0.146. The van der Waals surface area contributed by atoms with Crippen LogP contribution in [0, 0.1) is 11.5 Å². The molecular formula is C28H28ClN5O3S. The van der Waals surface area contributed by atoms with Crippen molar-refractivity contribution in [3.8, 4) is 6.19 Å². The molecule has 0 bridgehead atoms. The number of likely N-dealkylation sites (N-methyl/N-ethyl adjacent to an activating group) is 1. The molecule has 10 heteroatoms. The van der Waals surface area contributed by atoms with E-state index in [1.54, 1.807) is 41.3 Å². The van der Waals surface area contributed by atoms with Crippen LogP contribution in [0.1, 0.15) is 33.6 Å². The number of hydrazine groups is 1. The van der Waals surface area contributed by atoms with Crippen LogP contribution in [-0.4, -0.2) is 58.3 Å². The van der Waals surface area contributed by atoms with Crippen molar-refractivity contribution >= 4 is 40.7 Å². The number of nitrogens with one attached hydrogen (secondary N) is 1. The van der Waals surface area contributed by atoms with Crippen molar-refractivity contribution in [3.63, 3.8) is 0 Å². The van der Waals surface area contributed by atoms with Crippen molar-refractivity contribution in [2.45, 2.75) is 37.9 Å². The molecule has 1 N–H and O–H groups in total. The van der Waals surface area contributed by atoms with Gasteiger partial charge in [-0.05, 0) is 47.5 Å². The highest BCUT2D eigenvalue weighted by atomic mass is 35.5. The van der Waals surface area contributed by atoms with Crippen LogP contribution in [0.3, 0.4) is 0 Å². The maximum atomic E-state index is 13.7. The summed E-state index contributed by atoms with van der Waals surface area (Å²) in [6.07, 6.45) is 3.51. The molecular weight excluding hydrogens is 522 g/mol. The molecule has 3 amide bonds. The number of hydrogen-bond donors (Lipinski definition) is 1. The van der Waals surface area contributed by atoms with Gasteiger partial charge in [0.15, 0.2) is 6.19 Å². The summed E-state index contributed by atoms with van der Waals surface area (Å²) in [5.41, 5.74) is 1.66. The Bertz CT molecular complexity index is 1290. The molecule has 0 aliphatic carbocycles. The lowest BCUT2D eigenvalue weighted by atomic mass is 10.0. The standard InChI is InChI=1S/C28H28ClN5O3S/c1-32(33(19-30)18-21-11-13-22(29)14-12-21)27(36)23(17-20-7-3-2-4-8-20)31-26(35)24-9-5-15-34(24)28(37)25-10-6-16-38-25/h2-4,6-8,10-14,16,23-24H,5,9,15,17-18H2,1H3,(H,31,35)/t23-,24-/m0/s1. The second-order valence-corrected chi connectivity index (χ2v) is 10.4. The minimum absolute atomic E-state index is 0.160. The van der Waals surface area contributed by atoms with Crippen LogP contribution < -0.4 is 5.32 Å². The first-order valence-electron chi connectivity index (χ1n) is 12.3. The number of nitriles is 1. The zero-order valence-electron chi connectivity index (χ0n) is 20.9. The highest BCUT2D eigenvalue weighted by molar-refractivity contribution is 7.12. The SMILES string of the molecule is CN(C(=O)[C@H](Cc1ccccc1)NC(=O)[C@@H]1CCCN1C(=O)c1cccs1)N(C#N)Cc1ccc(Cl)cc1. The number of amides is 3. The fourth-order valence-electron chi connectivity index (χ4n) is 4.46. The minimum Gasteiger partial charge on any atom is -0.342 e. The van der Waals surface area contributed by atoms with Crippen LogP contribution >= 0.6 is 22.9 Å². The van der Waals surface area contributed by atoms with Crippen molar-refractivity contribution in [1.82, 2.24) is 20.2 Å². The number of halogens is 1. The number of rotatable bonds is 9. The molecule has 38 heavy (non-hydrogen) atoms. The van der Waals surface area contributed by atoms with Gasteiger partial charge < -0.3 is 10.2 Å². The predicted octanol–water partition coefficient (Wildman–Crippen LogP) is 4.09. The summed E-state index contributed by atoms with van der Waals surface area (Å²) in [5.74, 6) is -0.998. The second kappa shape index (κ2) is 12.6. The molecule has 2 aromatic carbocycles. The molecule has 0 unspecified atom stereocenters. The first-order valence-corrected chi connectivity index (χ1v) is 13.5. The fraction of sp³-hybridized carbons (Fsp3) is 0.286. The summed E-state index contributed by atoms with van der Waals surface area (Å²) in [7, 11) is 1.51. The summed E-state index contributed by atoms with van der Waals surface area (Å²) < 4.78 is 0. The van der Waals surface area contributed by atoms with Gasteiger partial charge in [-0.3, -0.25) is 14.4 Å². The maximum absolute atomic E-state index is 13.7. The Morgan fingerprint density at radius 1 is 1.11 bits per heavy atom. The normalized spacial score (nSPS) is 15.4. The zero-order chi connectivity index (χ0) is 27.1. The molecule has 0 spiro atoms. The smallest absolute Gasteiger partial charge is 0.264 e. The van der Waals surface area contributed by atoms with E-state index in [0.29, 0.717) is 29.3 Å². The van der Waals surface area contributed by atoms with Gasteiger partial charge in [0.25, 0.3) is 11.8 Å². The molecule has 1 fully saturated rings. The monoisotopic (exact) mass is 549 g/mol. The Hall–Kier alpha value is -3.87. The Morgan fingerprint density at radius 3 is 2.50 bits per heavy atom. The van der Waals surface area contributed by atoms with Crippen molar-refractivity contribution < 1.29 is 14.4 Å². The lowest BCUT2D eigenvalue weighted by Crippen LogP contribution is -2.56. The third-order valence-corrected chi connectivity index (χ3v) is 7.60. The Morgan fingerprint density at radius 2 is 1.84 bits per heavy atom. The van der Waals surface area contributed by atoms with Gasteiger partial charge in [-0.25, -0.2) is 10.0 Å². The van der Waals surface area contributed by atoms with Gasteiger partial charge in [-0.15, -0.1) is 11.3 Å². The van der Waals surface area contributed by atoms with E-state index < -0.39 is 18.0 Å². The summed E-state index contributed by atoms with van der Waals surface area (Å²) in [4.78, 5) is 42.3. The van der Waals surface area contributed by atoms with E-state index in [2.05, 4.69) is 11.5 Å². The predicted molar refractivity (Wildman–Crippen MR) is 146 cm³/mol. The van der Waals surface area contributed by atoms with Gasteiger partial charge in [-0.1, -0.05) is 60.1 Å². The molecule has 4 rings (SSSR count). The average Bonchev–Trinajstić information content (AvgIpc) is 3.65. The number of benzene rings is 2. The number of carbonyl (C=O) groups excluding carboxylic acids is 3. The van der Waals surface area contributed by atoms with E-state index in [0.717, 1.165) is 11.1 Å². The van der Waals surface area contributed by atoms with Crippen LogP contribution in [0.4, 0.5) is 0 Å². The first-order chi connectivity index (χ1) is 18.4. The molecule has 0 saturated carbocycles. The zero-order valence-corrected chi connectivity index (χ0v) is 22.5. The molecule has 196 valence electrons. The Balaban J connectivity index is 1.52. The van der Waals surface area contributed by atoms with Crippen molar-refractivity contribution in [2.75, 3.05) is 13.6 Å². The third-order valence-electron chi connectivity index (χ3n) is 6.49. The van der Waals surface area contributed by atoms with Gasteiger partial charge in [0.1, 0.15) is 12.1 Å². The maximum Gasteiger partial charge on any atom is 0.264 e. The Kier molecular flexibility index (Phi) is 9.00. The van der Waals surface area contributed by atoms with E-state index in [-0.39, 0.29) is 24.8 Å². The van der Waals surface area contributed by atoms with E-state index in [1.165, 1.54) is 28.4 Å². The molecule has 3 aromatic rings.